The van der Waals surface area contributed by atoms with Crippen molar-refractivity contribution in [2.75, 3.05) is 5.32 Å². The standard InChI is InChI=1S/C24H23N4/c1-16-20-13-7-8-15-28(20)24(21(16)18-10-5-4-6-11-18)26-22-17(2)25-19-12-9-14-27(3)23(19)22/h4-15,17,25H,1-3H3/q+1. The molecule has 0 amide bonds. The van der Waals surface area contributed by atoms with Crippen LogP contribution in [0, 0.1) is 6.92 Å². The molecular formula is C24H23N4+. The summed E-state index contributed by atoms with van der Waals surface area (Å²) < 4.78 is 4.35. The molecule has 4 heteroatoms. The molecule has 1 aromatic carbocycles. The lowest BCUT2D eigenvalue weighted by atomic mass is 10.0. The molecule has 3 aromatic heterocycles. The average molecular weight is 367 g/mol. The van der Waals surface area contributed by atoms with Gasteiger partial charge in [0.2, 0.25) is 0 Å². The molecule has 1 unspecified atom stereocenters. The van der Waals surface area contributed by atoms with Gasteiger partial charge in [-0.3, -0.25) is 0 Å². The van der Waals surface area contributed by atoms with Gasteiger partial charge in [-0.1, -0.05) is 36.4 Å². The van der Waals surface area contributed by atoms with E-state index in [4.69, 9.17) is 4.99 Å². The second-order valence-electron chi connectivity index (χ2n) is 7.39. The van der Waals surface area contributed by atoms with Crippen LogP contribution in [0.5, 0.6) is 0 Å². The number of anilines is 1. The lowest BCUT2D eigenvalue weighted by Gasteiger charge is -2.07. The first kappa shape index (κ1) is 16.8. The summed E-state index contributed by atoms with van der Waals surface area (Å²) in [6, 6.07) is 21.2. The first-order chi connectivity index (χ1) is 13.6. The Morgan fingerprint density at radius 3 is 2.61 bits per heavy atom. The number of aryl methyl sites for hydroxylation is 2. The fourth-order valence-electron chi connectivity index (χ4n) is 4.23. The van der Waals surface area contributed by atoms with Crippen LogP contribution in [-0.4, -0.2) is 16.2 Å². The van der Waals surface area contributed by atoms with Gasteiger partial charge in [-0.15, -0.1) is 0 Å². The lowest BCUT2D eigenvalue weighted by molar-refractivity contribution is -0.671. The zero-order valence-corrected chi connectivity index (χ0v) is 16.3. The van der Waals surface area contributed by atoms with Crippen molar-refractivity contribution in [3.05, 3.63) is 84.3 Å². The molecule has 28 heavy (non-hydrogen) atoms. The van der Waals surface area contributed by atoms with Crippen molar-refractivity contribution >= 4 is 22.7 Å². The molecule has 0 aliphatic carbocycles. The fourth-order valence-corrected chi connectivity index (χ4v) is 4.23. The molecule has 0 fully saturated rings. The summed E-state index contributed by atoms with van der Waals surface area (Å²) in [5.41, 5.74) is 8.18. The first-order valence-corrected chi connectivity index (χ1v) is 9.64. The van der Waals surface area contributed by atoms with Gasteiger partial charge in [0, 0.05) is 17.8 Å². The van der Waals surface area contributed by atoms with Gasteiger partial charge in [-0.25, -0.2) is 4.99 Å². The summed E-state index contributed by atoms with van der Waals surface area (Å²) in [5, 5.41) is 3.56. The normalized spacial score (nSPS) is 17.1. The van der Waals surface area contributed by atoms with Gasteiger partial charge >= 0.3 is 0 Å². The third-order valence-corrected chi connectivity index (χ3v) is 5.56. The van der Waals surface area contributed by atoms with Gasteiger partial charge in [0.05, 0.1) is 11.6 Å². The third-order valence-electron chi connectivity index (χ3n) is 5.56. The molecule has 138 valence electrons. The first-order valence-electron chi connectivity index (χ1n) is 9.64. The molecule has 0 saturated heterocycles. The van der Waals surface area contributed by atoms with E-state index in [0.29, 0.717) is 0 Å². The Bertz CT molecular complexity index is 1220. The maximum atomic E-state index is 5.26. The fraction of sp³-hybridized carbons (Fsp3) is 0.167. The molecule has 1 aliphatic heterocycles. The summed E-state index contributed by atoms with van der Waals surface area (Å²) in [6.45, 7) is 4.36. The van der Waals surface area contributed by atoms with Crippen LogP contribution in [0.4, 0.5) is 11.5 Å². The van der Waals surface area contributed by atoms with Crippen LogP contribution in [0.1, 0.15) is 18.2 Å². The molecule has 1 atom stereocenters. The van der Waals surface area contributed by atoms with Gasteiger partial charge in [-0.2, -0.15) is 4.57 Å². The molecule has 0 saturated carbocycles. The third kappa shape index (κ3) is 2.45. The Balaban J connectivity index is 1.83. The van der Waals surface area contributed by atoms with Gasteiger partial charge < -0.3 is 9.72 Å². The highest BCUT2D eigenvalue weighted by Crippen LogP contribution is 2.39. The van der Waals surface area contributed by atoms with Crippen LogP contribution in [-0.2, 0) is 7.05 Å². The number of pyridine rings is 2. The quantitative estimate of drug-likeness (QED) is 0.513. The topological polar surface area (TPSA) is 32.7 Å². The minimum atomic E-state index is 0.154. The molecule has 0 radical (unpaired) electrons. The highest BCUT2D eigenvalue weighted by molar-refractivity contribution is 6.12. The van der Waals surface area contributed by atoms with E-state index in [1.165, 1.54) is 22.2 Å². The highest BCUT2D eigenvalue weighted by atomic mass is 15.1. The summed E-state index contributed by atoms with van der Waals surface area (Å²) in [7, 11) is 2.08. The van der Waals surface area contributed by atoms with E-state index in [9.17, 15) is 0 Å². The number of aromatic nitrogens is 2. The van der Waals surface area contributed by atoms with E-state index in [2.05, 4.69) is 108 Å². The van der Waals surface area contributed by atoms with Gasteiger partial charge in [0.15, 0.2) is 6.20 Å². The second-order valence-corrected chi connectivity index (χ2v) is 7.39. The molecule has 4 aromatic rings. The predicted octanol–water partition coefficient (Wildman–Crippen LogP) is 4.67. The summed E-state index contributed by atoms with van der Waals surface area (Å²) in [6.07, 6.45) is 4.18. The Morgan fingerprint density at radius 2 is 1.79 bits per heavy atom. The number of nitrogens with zero attached hydrogens (tertiary/aromatic N) is 3. The van der Waals surface area contributed by atoms with Crippen molar-refractivity contribution in [1.29, 1.82) is 0 Å². The van der Waals surface area contributed by atoms with E-state index < -0.39 is 0 Å². The van der Waals surface area contributed by atoms with E-state index in [1.807, 2.05) is 0 Å². The van der Waals surface area contributed by atoms with E-state index in [0.717, 1.165) is 22.9 Å². The van der Waals surface area contributed by atoms with Crippen LogP contribution in [0.15, 0.2) is 78.0 Å². The van der Waals surface area contributed by atoms with E-state index in [1.54, 1.807) is 0 Å². The summed E-state index contributed by atoms with van der Waals surface area (Å²) in [5.74, 6) is 0.986. The minimum Gasteiger partial charge on any atom is -0.371 e. The van der Waals surface area contributed by atoms with Crippen molar-refractivity contribution < 1.29 is 4.57 Å². The molecular weight excluding hydrogens is 344 g/mol. The van der Waals surface area contributed by atoms with Crippen LogP contribution in [0.25, 0.3) is 16.6 Å². The number of aliphatic imine (C=N–C) groups is 1. The summed E-state index contributed by atoms with van der Waals surface area (Å²) >= 11 is 0. The van der Waals surface area contributed by atoms with Crippen molar-refractivity contribution in [2.24, 2.45) is 12.0 Å². The Morgan fingerprint density at radius 1 is 1.00 bits per heavy atom. The minimum absolute atomic E-state index is 0.154. The van der Waals surface area contributed by atoms with Crippen molar-refractivity contribution in [2.45, 2.75) is 19.9 Å². The number of hydrogen-bond donors (Lipinski definition) is 1. The zero-order valence-electron chi connectivity index (χ0n) is 16.3. The number of benzene rings is 1. The van der Waals surface area contributed by atoms with Crippen LogP contribution >= 0.6 is 0 Å². The highest BCUT2D eigenvalue weighted by Gasteiger charge is 2.33. The Hall–Kier alpha value is -3.40. The van der Waals surface area contributed by atoms with Crippen molar-refractivity contribution in [3.63, 3.8) is 0 Å². The maximum Gasteiger partial charge on any atom is 0.252 e. The molecule has 0 spiro atoms. The van der Waals surface area contributed by atoms with E-state index >= 15 is 0 Å². The molecule has 1 aliphatic rings. The zero-order chi connectivity index (χ0) is 19.3. The number of rotatable bonds is 2. The molecule has 5 rings (SSSR count). The van der Waals surface area contributed by atoms with Crippen LogP contribution < -0.4 is 9.88 Å². The number of fused-ring (bicyclic) bond motifs is 2. The van der Waals surface area contributed by atoms with Gasteiger partial charge in [0.1, 0.15) is 24.3 Å². The molecule has 0 bridgehead atoms. The molecule has 4 heterocycles. The monoisotopic (exact) mass is 367 g/mol. The lowest BCUT2D eigenvalue weighted by Crippen LogP contribution is -2.35. The Kier molecular flexibility index (Phi) is 3.79. The molecule has 1 N–H and O–H groups in total. The van der Waals surface area contributed by atoms with E-state index in [-0.39, 0.29) is 6.04 Å². The molecule has 4 nitrogen and oxygen atoms in total. The Labute approximate surface area is 164 Å². The van der Waals surface area contributed by atoms with Crippen LogP contribution in [0.2, 0.25) is 0 Å². The predicted molar refractivity (Wildman–Crippen MR) is 114 cm³/mol. The number of hydrogen-bond acceptors (Lipinski definition) is 2. The SMILES string of the molecule is Cc1c(-c2ccccc2)c(N=C2c3c(ccc[n+]3C)NC2C)n2ccccc12. The summed E-state index contributed by atoms with van der Waals surface area (Å²) in [4.78, 5) is 5.26. The number of nitrogens with one attached hydrogen (secondary N) is 1. The van der Waals surface area contributed by atoms with Crippen molar-refractivity contribution in [3.8, 4) is 11.1 Å². The largest absolute Gasteiger partial charge is 0.371 e. The smallest absolute Gasteiger partial charge is 0.252 e. The second kappa shape index (κ2) is 6.34. The average Bonchev–Trinajstić information content (AvgIpc) is 3.18. The van der Waals surface area contributed by atoms with Crippen LogP contribution in [0.3, 0.4) is 0 Å². The van der Waals surface area contributed by atoms with Gasteiger partial charge in [0.25, 0.3) is 5.69 Å². The van der Waals surface area contributed by atoms with Gasteiger partial charge in [-0.05, 0) is 43.2 Å². The maximum absolute atomic E-state index is 5.26. The van der Waals surface area contributed by atoms with Crippen molar-refractivity contribution in [1.82, 2.24) is 4.40 Å².